The summed E-state index contributed by atoms with van der Waals surface area (Å²) in [6, 6.07) is 2.73. The third-order valence-electron chi connectivity index (χ3n) is 5.39. The predicted molar refractivity (Wildman–Crippen MR) is 128 cm³/mol. The summed E-state index contributed by atoms with van der Waals surface area (Å²) in [5.41, 5.74) is -0.677. The minimum Gasteiger partial charge on any atom is -0.392 e. The van der Waals surface area contributed by atoms with Gasteiger partial charge in [0.2, 0.25) is 0 Å². The zero-order valence-corrected chi connectivity index (χ0v) is 20.8. The molecule has 0 radical (unpaired) electrons. The lowest BCUT2D eigenvalue weighted by molar-refractivity contribution is -0.0931. The Kier molecular flexibility index (Phi) is 9.34. The fourth-order valence-corrected chi connectivity index (χ4v) is 4.72. The van der Waals surface area contributed by atoms with E-state index in [4.69, 9.17) is 0 Å². The number of alkyl halides is 3. The van der Waals surface area contributed by atoms with Crippen molar-refractivity contribution in [3.8, 4) is 0 Å². The standard InChI is InChI=1S/C22H30F3N5O4S/c1-13(2)19(26-3)21-29-16-8-14(11-31)18(35(5,33)34)9-17(16)30(21)7-6-28-10-15(12-32)20(27-4)22(23,24)25/h8-10,13,19,26,31-32H,4,6-7,11-12H2,1-3,5H3/b20-15+,28-10?. The molecule has 13 heteroatoms. The van der Waals surface area contributed by atoms with Gasteiger partial charge in [0.15, 0.2) is 15.5 Å². The van der Waals surface area contributed by atoms with Crippen molar-refractivity contribution in [3.63, 3.8) is 0 Å². The van der Waals surface area contributed by atoms with Gasteiger partial charge in [-0.3, -0.25) is 9.98 Å². The van der Waals surface area contributed by atoms with Crippen molar-refractivity contribution in [2.45, 2.75) is 44.1 Å². The van der Waals surface area contributed by atoms with Crippen LogP contribution in [-0.4, -0.2) is 73.7 Å². The van der Waals surface area contributed by atoms with Crippen molar-refractivity contribution >= 4 is 33.8 Å². The number of fused-ring (bicyclic) bond motifs is 1. The topological polar surface area (TPSA) is 129 Å². The summed E-state index contributed by atoms with van der Waals surface area (Å²) in [5, 5.41) is 22.2. The van der Waals surface area contributed by atoms with Crippen LogP contribution in [0.2, 0.25) is 0 Å². The first-order valence-corrected chi connectivity index (χ1v) is 12.6. The molecular weight excluding hydrogens is 487 g/mol. The highest BCUT2D eigenvalue weighted by molar-refractivity contribution is 7.90. The van der Waals surface area contributed by atoms with Crippen molar-refractivity contribution in [3.05, 3.63) is 34.8 Å². The first-order valence-electron chi connectivity index (χ1n) is 10.7. The molecule has 0 saturated carbocycles. The maximum atomic E-state index is 13.1. The molecule has 1 unspecified atom stereocenters. The van der Waals surface area contributed by atoms with Gasteiger partial charge in [-0.2, -0.15) is 13.2 Å². The largest absolute Gasteiger partial charge is 0.433 e. The minimum absolute atomic E-state index is 0.00866. The van der Waals surface area contributed by atoms with Crippen molar-refractivity contribution in [2.75, 3.05) is 26.5 Å². The lowest BCUT2D eigenvalue weighted by atomic mass is 10.0. The Balaban J connectivity index is 2.59. The number of aromatic nitrogens is 2. The lowest BCUT2D eigenvalue weighted by Gasteiger charge is -2.21. The van der Waals surface area contributed by atoms with E-state index in [2.05, 4.69) is 27.0 Å². The van der Waals surface area contributed by atoms with Gasteiger partial charge in [-0.15, -0.1) is 0 Å². The number of benzene rings is 1. The van der Waals surface area contributed by atoms with E-state index in [0.29, 0.717) is 16.9 Å². The van der Waals surface area contributed by atoms with Gasteiger partial charge in [-0.1, -0.05) is 13.8 Å². The molecule has 2 aromatic rings. The predicted octanol–water partition coefficient (Wildman–Crippen LogP) is 2.43. The van der Waals surface area contributed by atoms with Crippen LogP contribution >= 0.6 is 0 Å². The second-order valence-electron chi connectivity index (χ2n) is 8.23. The summed E-state index contributed by atoms with van der Waals surface area (Å²) in [7, 11) is -1.90. The van der Waals surface area contributed by atoms with Gasteiger partial charge in [-0.05, 0) is 37.4 Å². The minimum atomic E-state index is -4.79. The normalized spacial score (nSPS) is 14.7. The Morgan fingerprint density at radius 3 is 2.43 bits per heavy atom. The number of nitrogens with one attached hydrogen (secondary N) is 1. The van der Waals surface area contributed by atoms with Crippen LogP contribution in [-0.2, 0) is 23.0 Å². The van der Waals surface area contributed by atoms with E-state index < -0.39 is 40.5 Å². The zero-order valence-electron chi connectivity index (χ0n) is 20.0. The van der Waals surface area contributed by atoms with E-state index in [-0.39, 0.29) is 35.5 Å². The van der Waals surface area contributed by atoms with Crippen molar-refractivity contribution in [1.82, 2.24) is 14.9 Å². The van der Waals surface area contributed by atoms with Crippen LogP contribution < -0.4 is 5.32 Å². The molecule has 0 aliphatic carbocycles. The van der Waals surface area contributed by atoms with Crippen LogP contribution in [0.5, 0.6) is 0 Å². The van der Waals surface area contributed by atoms with Gasteiger partial charge in [-0.25, -0.2) is 13.4 Å². The van der Waals surface area contributed by atoms with E-state index in [1.165, 1.54) is 12.1 Å². The number of aliphatic imine (C=N–C) groups is 2. The van der Waals surface area contributed by atoms with Crippen LogP contribution in [0.1, 0.15) is 31.3 Å². The van der Waals surface area contributed by atoms with Crippen molar-refractivity contribution in [1.29, 1.82) is 0 Å². The van der Waals surface area contributed by atoms with Gasteiger partial charge < -0.3 is 20.1 Å². The van der Waals surface area contributed by atoms with Crippen molar-refractivity contribution < 1.29 is 31.8 Å². The van der Waals surface area contributed by atoms with Gasteiger partial charge >= 0.3 is 6.18 Å². The molecule has 1 atom stereocenters. The summed E-state index contributed by atoms with van der Waals surface area (Å²) >= 11 is 0. The van der Waals surface area contributed by atoms with Crippen LogP contribution in [0.15, 0.2) is 38.3 Å². The highest BCUT2D eigenvalue weighted by Crippen LogP contribution is 2.30. The number of nitrogens with zero attached hydrogens (tertiary/aromatic N) is 4. The SMILES string of the molecule is C=N/C(=C(\C=NCCn1c(C(NC)C(C)C)nc2cc(CO)c(S(C)(=O)=O)cc21)CO)C(F)(F)F. The quantitative estimate of drug-likeness (QED) is 0.393. The highest BCUT2D eigenvalue weighted by Gasteiger charge is 2.35. The number of allylic oxidation sites excluding steroid dienone is 1. The van der Waals surface area contributed by atoms with Crippen LogP contribution in [0.3, 0.4) is 0 Å². The van der Waals surface area contributed by atoms with Crippen molar-refractivity contribution in [2.24, 2.45) is 15.9 Å². The number of rotatable bonds is 11. The molecule has 0 spiro atoms. The second-order valence-corrected chi connectivity index (χ2v) is 10.2. The molecule has 0 aliphatic rings. The smallest absolute Gasteiger partial charge is 0.392 e. The molecular formula is C22H30F3N5O4S. The molecule has 1 aromatic carbocycles. The molecule has 9 nitrogen and oxygen atoms in total. The van der Waals surface area contributed by atoms with Gasteiger partial charge in [0.1, 0.15) is 5.82 Å². The van der Waals surface area contributed by atoms with Crippen LogP contribution in [0.25, 0.3) is 11.0 Å². The second kappa shape index (κ2) is 11.4. The maximum absolute atomic E-state index is 13.1. The number of sulfone groups is 1. The summed E-state index contributed by atoms with van der Waals surface area (Å²) in [6.45, 7) is 5.62. The van der Waals surface area contributed by atoms with E-state index in [1.54, 1.807) is 11.6 Å². The number of aliphatic hydroxyl groups excluding tert-OH is 2. The summed E-state index contributed by atoms with van der Waals surface area (Å²) < 4.78 is 65.6. The molecule has 0 fully saturated rings. The molecule has 0 bridgehead atoms. The fraction of sp³-hybridized carbons (Fsp3) is 0.500. The number of imidazole rings is 1. The first-order chi connectivity index (χ1) is 16.3. The van der Waals surface area contributed by atoms with Crippen LogP contribution in [0.4, 0.5) is 13.2 Å². The third-order valence-corrected chi connectivity index (χ3v) is 6.57. The molecule has 0 saturated heterocycles. The van der Waals surface area contributed by atoms with E-state index in [9.17, 15) is 31.8 Å². The molecule has 0 amide bonds. The molecule has 2 rings (SSSR count). The number of hydrogen-bond acceptors (Lipinski definition) is 8. The van der Waals surface area contributed by atoms with E-state index in [0.717, 1.165) is 12.5 Å². The Labute approximate surface area is 202 Å². The first kappa shape index (κ1) is 28.6. The molecule has 1 heterocycles. The number of aliphatic hydroxyl groups is 2. The van der Waals surface area contributed by atoms with E-state index >= 15 is 0 Å². The van der Waals surface area contributed by atoms with Gasteiger partial charge in [0.05, 0.1) is 41.7 Å². The molecule has 1 aromatic heterocycles. The zero-order chi connectivity index (χ0) is 26.6. The fourth-order valence-electron chi connectivity index (χ4n) is 3.80. The molecule has 194 valence electrons. The number of halogens is 3. The Hall–Kier alpha value is -2.61. The van der Waals surface area contributed by atoms with Gasteiger partial charge in [0.25, 0.3) is 0 Å². The Bertz CT molecular complexity index is 1230. The van der Waals surface area contributed by atoms with Gasteiger partial charge in [0, 0.05) is 24.6 Å². The lowest BCUT2D eigenvalue weighted by Crippen LogP contribution is -2.26. The monoisotopic (exact) mass is 517 g/mol. The highest BCUT2D eigenvalue weighted by atomic mass is 32.2. The third kappa shape index (κ3) is 6.54. The molecule has 3 N–H and O–H groups in total. The maximum Gasteiger partial charge on any atom is 0.433 e. The Morgan fingerprint density at radius 1 is 1.31 bits per heavy atom. The average molecular weight is 518 g/mol. The number of hydrogen-bond donors (Lipinski definition) is 3. The molecule has 35 heavy (non-hydrogen) atoms. The summed E-state index contributed by atoms with van der Waals surface area (Å²) in [4.78, 5) is 11.6. The molecule has 0 aliphatic heterocycles. The van der Waals surface area contributed by atoms with Crippen LogP contribution in [0, 0.1) is 5.92 Å². The Morgan fingerprint density at radius 2 is 1.97 bits per heavy atom. The average Bonchev–Trinajstić information content (AvgIpc) is 3.10. The summed E-state index contributed by atoms with van der Waals surface area (Å²) in [5.74, 6) is 0.687. The summed E-state index contributed by atoms with van der Waals surface area (Å²) in [6.07, 6.45) is -2.85. The van der Waals surface area contributed by atoms with E-state index in [1.807, 2.05) is 13.8 Å².